The number of carbonyl (C=O) groups excluding carboxylic acids is 2. The number of aryl methyl sites for hydroxylation is 2. The molecule has 5 rings (SSSR count). The van der Waals surface area contributed by atoms with E-state index in [1.165, 1.54) is 23.1 Å². The third-order valence-electron chi connectivity index (χ3n) is 7.09. The third kappa shape index (κ3) is 5.40. The molecule has 204 valence electrons. The summed E-state index contributed by atoms with van der Waals surface area (Å²) in [6.45, 7) is 8.04. The molecule has 40 heavy (non-hydrogen) atoms. The Morgan fingerprint density at radius 1 is 1.20 bits per heavy atom. The normalized spacial score (nSPS) is 18.4. The van der Waals surface area contributed by atoms with E-state index < -0.39 is 5.92 Å². The molecule has 1 aromatic heterocycles. The summed E-state index contributed by atoms with van der Waals surface area (Å²) in [6, 6.07) is 17.8. The van der Waals surface area contributed by atoms with Gasteiger partial charge >= 0.3 is 0 Å². The van der Waals surface area contributed by atoms with E-state index in [-0.39, 0.29) is 28.7 Å². The molecule has 1 atom stereocenters. The number of nitrogens with zero attached hydrogens (tertiary/aromatic N) is 4. The predicted octanol–water partition coefficient (Wildman–Crippen LogP) is 5.83. The predicted molar refractivity (Wildman–Crippen MR) is 159 cm³/mol. The zero-order chi connectivity index (χ0) is 28.6. The summed E-state index contributed by atoms with van der Waals surface area (Å²) in [7, 11) is 0. The highest BCUT2D eigenvalue weighted by molar-refractivity contribution is 8.01. The highest BCUT2D eigenvalue weighted by Gasteiger charge is 2.45. The van der Waals surface area contributed by atoms with Crippen LogP contribution in [0.5, 0.6) is 0 Å². The van der Waals surface area contributed by atoms with Gasteiger partial charge in [-0.05, 0) is 42.9 Å². The maximum atomic E-state index is 13.7. The fourth-order valence-corrected chi connectivity index (χ4v) is 6.97. The minimum atomic E-state index is -0.536. The van der Waals surface area contributed by atoms with Gasteiger partial charge in [0.2, 0.25) is 11.0 Å². The Bertz CT molecular complexity index is 1610. The van der Waals surface area contributed by atoms with Crippen molar-refractivity contribution >= 4 is 45.6 Å². The summed E-state index contributed by atoms with van der Waals surface area (Å²) in [5, 5.41) is 22.3. The lowest BCUT2D eigenvalue weighted by Crippen LogP contribution is -2.42. The first-order chi connectivity index (χ1) is 19.1. The summed E-state index contributed by atoms with van der Waals surface area (Å²) in [5.74, 6) is -0.261. The Balaban J connectivity index is 1.47. The van der Waals surface area contributed by atoms with E-state index in [9.17, 15) is 14.9 Å². The molecule has 2 heterocycles. The molecular weight excluding hydrogens is 541 g/mol. The third-order valence-corrected chi connectivity index (χ3v) is 9.13. The van der Waals surface area contributed by atoms with Crippen molar-refractivity contribution in [3.8, 4) is 6.07 Å². The first kappa shape index (κ1) is 27.6. The summed E-state index contributed by atoms with van der Waals surface area (Å²) >= 11 is 2.56. The van der Waals surface area contributed by atoms with E-state index in [2.05, 4.69) is 35.4 Å². The molecule has 10 heteroatoms. The van der Waals surface area contributed by atoms with Gasteiger partial charge in [0, 0.05) is 23.4 Å². The van der Waals surface area contributed by atoms with E-state index in [0.717, 1.165) is 28.1 Å². The van der Waals surface area contributed by atoms with Gasteiger partial charge in [0.1, 0.15) is 5.82 Å². The number of anilines is 2. The van der Waals surface area contributed by atoms with Gasteiger partial charge in [-0.2, -0.15) is 5.26 Å². The molecule has 1 unspecified atom stereocenters. The van der Waals surface area contributed by atoms with Crippen LogP contribution in [0.25, 0.3) is 0 Å². The fourth-order valence-electron chi connectivity index (χ4n) is 5.29. The molecule has 1 aliphatic carbocycles. The van der Waals surface area contributed by atoms with Gasteiger partial charge < -0.3 is 11.1 Å². The maximum Gasteiger partial charge on any atom is 0.234 e. The van der Waals surface area contributed by atoms with Gasteiger partial charge in [-0.15, -0.1) is 10.2 Å². The number of para-hydroxylation sites is 1. The molecule has 1 aliphatic heterocycles. The Labute approximate surface area is 242 Å². The lowest BCUT2D eigenvalue weighted by atomic mass is 9.68. The highest BCUT2D eigenvalue weighted by atomic mass is 32.2. The molecule has 0 spiro atoms. The molecule has 0 radical (unpaired) electrons. The zero-order valence-corrected chi connectivity index (χ0v) is 24.4. The Hall–Kier alpha value is -3.94. The molecule has 0 fully saturated rings. The van der Waals surface area contributed by atoms with Crippen molar-refractivity contribution in [2.24, 2.45) is 11.1 Å². The SMILES string of the molecule is Cc1cccc(C2C(C#N)=C(N)N(c3nnc(SCC(=O)Nc4ccccc4C)s3)C3=C2C(=O)CC(C)(C)C3)c1. The minimum absolute atomic E-state index is 0.00926. The van der Waals surface area contributed by atoms with Crippen LogP contribution in [0.3, 0.4) is 0 Å². The second kappa shape index (κ2) is 10.9. The first-order valence-electron chi connectivity index (χ1n) is 12.9. The smallest absolute Gasteiger partial charge is 0.234 e. The van der Waals surface area contributed by atoms with E-state index in [0.29, 0.717) is 33.5 Å². The molecule has 1 amide bonds. The van der Waals surface area contributed by atoms with Crippen molar-refractivity contribution in [2.45, 2.75) is 50.8 Å². The number of carbonyl (C=O) groups is 2. The number of rotatable bonds is 6. The quantitative estimate of drug-likeness (QED) is 0.355. The molecule has 3 aromatic rings. The van der Waals surface area contributed by atoms with Gasteiger partial charge in [0.15, 0.2) is 10.1 Å². The maximum absolute atomic E-state index is 13.7. The van der Waals surface area contributed by atoms with Crippen LogP contribution in [0.15, 0.2) is 75.5 Å². The Kier molecular flexibility index (Phi) is 7.53. The summed E-state index contributed by atoms with van der Waals surface area (Å²) in [6.07, 6.45) is 0.977. The molecule has 8 nitrogen and oxygen atoms in total. The number of hydrogen-bond acceptors (Lipinski definition) is 9. The van der Waals surface area contributed by atoms with E-state index in [4.69, 9.17) is 5.73 Å². The van der Waals surface area contributed by atoms with E-state index in [1.54, 1.807) is 4.90 Å². The lowest BCUT2D eigenvalue weighted by molar-refractivity contribution is -0.118. The number of ketones is 1. The van der Waals surface area contributed by atoms with Crippen molar-refractivity contribution < 1.29 is 9.59 Å². The van der Waals surface area contributed by atoms with Crippen molar-refractivity contribution in [3.05, 3.63) is 87.9 Å². The first-order valence-corrected chi connectivity index (χ1v) is 14.7. The molecule has 0 saturated carbocycles. The van der Waals surface area contributed by atoms with Gasteiger partial charge in [0.25, 0.3) is 0 Å². The Morgan fingerprint density at radius 3 is 2.70 bits per heavy atom. The van der Waals surface area contributed by atoms with Crippen LogP contribution in [0, 0.1) is 30.6 Å². The van der Waals surface area contributed by atoms with Crippen LogP contribution in [0.2, 0.25) is 0 Å². The number of hydrogen-bond donors (Lipinski definition) is 2. The summed E-state index contributed by atoms with van der Waals surface area (Å²) in [4.78, 5) is 28.0. The van der Waals surface area contributed by atoms with Crippen LogP contribution in [-0.4, -0.2) is 27.6 Å². The van der Waals surface area contributed by atoms with Gasteiger partial charge in [-0.25, -0.2) is 0 Å². The average Bonchev–Trinajstić information content (AvgIpc) is 3.36. The number of amides is 1. The fraction of sp³-hybridized carbons (Fsp3) is 0.300. The van der Waals surface area contributed by atoms with Crippen molar-refractivity contribution in [3.63, 3.8) is 0 Å². The average molecular weight is 571 g/mol. The minimum Gasteiger partial charge on any atom is -0.384 e. The van der Waals surface area contributed by atoms with Gasteiger partial charge in [-0.3, -0.25) is 14.5 Å². The van der Waals surface area contributed by atoms with Crippen molar-refractivity contribution in [1.29, 1.82) is 5.26 Å². The largest absolute Gasteiger partial charge is 0.384 e. The molecule has 0 bridgehead atoms. The molecule has 2 aromatic carbocycles. The number of nitrogens with two attached hydrogens (primary N) is 1. The van der Waals surface area contributed by atoms with Crippen LogP contribution in [-0.2, 0) is 9.59 Å². The van der Waals surface area contributed by atoms with Crippen LogP contribution in [0.1, 0.15) is 49.3 Å². The molecule has 3 N–H and O–H groups in total. The van der Waals surface area contributed by atoms with Crippen LogP contribution < -0.4 is 16.0 Å². The molecule has 2 aliphatic rings. The Morgan fingerprint density at radius 2 is 1.98 bits per heavy atom. The number of Topliss-reactive ketones (excluding diaryl/α,β-unsaturated/α-hetero) is 1. The molecular formula is C30H30N6O2S2. The van der Waals surface area contributed by atoms with E-state index in [1.807, 2.05) is 62.4 Å². The number of allylic oxidation sites excluding steroid dienone is 3. The molecule has 0 saturated heterocycles. The van der Waals surface area contributed by atoms with Crippen molar-refractivity contribution in [2.75, 3.05) is 16.0 Å². The topological polar surface area (TPSA) is 125 Å². The number of nitriles is 1. The van der Waals surface area contributed by atoms with Gasteiger partial charge in [-0.1, -0.05) is 85.0 Å². The zero-order valence-electron chi connectivity index (χ0n) is 22.8. The standard InChI is InChI=1S/C30H30N6O2S2/c1-17-8-7-10-19(12-17)25-20(15-31)27(32)36(22-13-30(3,4)14-23(37)26(22)25)28-34-35-29(40-28)39-16-24(38)33-21-11-6-5-9-18(21)2/h5-12,25H,13-14,16,32H2,1-4H3,(H,33,38). The number of benzene rings is 2. The van der Waals surface area contributed by atoms with E-state index >= 15 is 0 Å². The second-order valence-electron chi connectivity index (χ2n) is 10.9. The second-order valence-corrected chi connectivity index (χ2v) is 13.1. The number of nitrogens with one attached hydrogen (secondary N) is 1. The monoisotopic (exact) mass is 570 g/mol. The summed E-state index contributed by atoms with van der Waals surface area (Å²) in [5.41, 5.74) is 11.8. The number of aromatic nitrogens is 2. The van der Waals surface area contributed by atoms with Crippen LogP contribution >= 0.6 is 23.1 Å². The number of thioether (sulfide) groups is 1. The van der Waals surface area contributed by atoms with Gasteiger partial charge in [0.05, 0.1) is 23.3 Å². The summed E-state index contributed by atoms with van der Waals surface area (Å²) < 4.78 is 0.589. The van der Waals surface area contributed by atoms with Crippen molar-refractivity contribution in [1.82, 2.24) is 10.2 Å². The van der Waals surface area contributed by atoms with Crippen LogP contribution in [0.4, 0.5) is 10.8 Å². The highest BCUT2D eigenvalue weighted by Crippen LogP contribution is 2.50. The lowest BCUT2D eigenvalue weighted by Gasteiger charge is -2.42.